The third kappa shape index (κ3) is 1.81. The molecule has 0 bridgehead atoms. The number of hydrogen-bond acceptors (Lipinski definition) is 3. The molecule has 1 unspecified atom stereocenters. The molecule has 1 aliphatic heterocycles. The van der Waals surface area contributed by atoms with Gasteiger partial charge in [0.25, 0.3) is 0 Å². The van der Waals surface area contributed by atoms with Gasteiger partial charge >= 0.3 is 0 Å². The molecule has 0 aliphatic carbocycles. The van der Waals surface area contributed by atoms with E-state index >= 15 is 0 Å². The Morgan fingerprint density at radius 3 is 3.14 bits per heavy atom. The molecule has 1 aromatic rings. The van der Waals surface area contributed by atoms with Crippen LogP contribution in [-0.2, 0) is 6.61 Å². The highest BCUT2D eigenvalue weighted by atomic mass is 16.3. The molecule has 2 N–H and O–H groups in total. The SMILES string of the molecule is CCN1CCC(c2cc(CO)[nH]n2)C1. The van der Waals surface area contributed by atoms with E-state index in [1.807, 2.05) is 6.07 Å². The molecule has 0 amide bonds. The monoisotopic (exact) mass is 195 g/mol. The van der Waals surface area contributed by atoms with Crippen LogP contribution in [0, 0.1) is 0 Å². The third-order valence-corrected chi connectivity index (χ3v) is 2.96. The van der Waals surface area contributed by atoms with Crippen LogP contribution in [0.1, 0.15) is 30.7 Å². The van der Waals surface area contributed by atoms with Crippen molar-refractivity contribution < 1.29 is 5.11 Å². The van der Waals surface area contributed by atoms with E-state index in [0.717, 1.165) is 24.5 Å². The van der Waals surface area contributed by atoms with Gasteiger partial charge < -0.3 is 10.0 Å². The highest BCUT2D eigenvalue weighted by molar-refractivity contribution is 5.14. The van der Waals surface area contributed by atoms with Gasteiger partial charge in [0.1, 0.15) is 0 Å². The molecule has 0 spiro atoms. The van der Waals surface area contributed by atoms with E-state index in [4.69, 9.17) is 5.11 Å². The second kappa shape index (κ2) is 4.11. The molecular weight excluding hydrogens is 178 g/mol. The number of aliphatic hydroxyl groups is 1. The normalized spacial score (nSPS) is 23.1. The molecule has 14 heavy (non-hydrogen) atoms. The van der Waals surface area contributed by atoms with Crippen molar-refractivity contribution in [2.24, 2.45) is 0 Å². The van der Waals surface area contributed by atoms with Crippen molar-refractivity contribution in [1.29, 1.82) is 0 Å². The average molecular weight is 195 g/mol. The number of aromatic amines is 1. The van der Waals surface area contributed by atoms with Crippen LogP contribution in [0.4, 0.5) is 0 Å². The summed E-state index contributed by atoms with van der Waals surface area (Å²) in [5, 5.41) is 16.0. The molecule has 0 aromatic carbocycles. The smallest absolute Gasteiger partial charge is 0.0847 e. The predicted molar refractivity (Wildman–Crippen MR) is 54.0 cm³/mol. The van der Waals surface area contributed by atoms with Gasteiger partial charge in [0.2, 0.25) is 0 Å². The van der Waals surface area contributed by atoms with E-state index in [9.17, 15) is 0 Å². The molecule has 1 aromatic heterocycles. The first-order valence-electron chi connectivity index (χ1n) is 5.21. The van der Waals surface area contributed by atoms with Crippen LogP contribution in [0.5, 0.6) is 0 Å². The zero-order chi connectivity index (χ0) is 9.97. The van der Waals surface area contributed by atoms with Gasteiger partial charge in [-0.25, -0.2) is 0 Å². The third-order valence-electron chi connectivity index (χ3n) is 2.96. The van der Waals surface area contributed by atoms with Gasteiger partial charge in [-0.3, -0.25) is 5.10 Å². The van der Waals surface area contributed by atoms with Crippen LogP contribution in [0.3, 0.4) is 0 Å². The van der Waals surface area contributed by atoms with Crippen LogP contribution in [0.15, 0.2) is 6.07 Å². The molecule has 0 saturated carbocycles. The lowest BCUT2D eigenvalue weighted by atomic mass is 10.1. The number of H-pyrrole nitrogens is 1. The molecule has 4 nitrogen and oxygen atoms in total. The molecule has 1 atom stereocenters. The van der Waals surface area contributed by atoms with Gasteiger partial charge in [-0.1, -0.05) is 6.92 Å². The first-order valence-corrected chi connectivity index (χ1v) is 5.21. The molecule has 2 rings (SSSR count). The number of nitrogens with one attached hydrogen (secondary N) is 1. The molecule has 2 heterocycles. The number of nitrogens with zero attached hydrogens (tertiary/aromatic N) is 2. The van der Waals surface area contributed by atoms with Crippen molar-refractivity contribution in [3.8, 4) is 0 Å². The van der Waals surface area contributed by atoms with E-state index < -0.39 is 0 Å². The van der Waals surface area contributed by atoms with Crippen molar-refractivity contribution in [2.75, 3.05) is 19.6 Å². The van der Waals surface area contributed by atoms with Gasteiger partial charge in [0.05, 0.1) is 18.0 Å². The highest BCUT2D eigenvalue weighted by Gasteiger charge is 2.24. The Hall–Kier alpha value is -0.870. The Kier molecular flexibility index (Phi) is 2.84. The summed E-state index contributed by atoms with van der Waals surface area (Å²) in [4.78, 5) is 2.43. The molecule has 0 radical (unpaired) electrons. The molecule has 1 aliphatic rings. The molecule has 4 heteroatoms. The van der Waals surface area contributed by atoms with Crippen LogP contribution < -0.4 is 0 Å². The fourth-order valence-electron chi connectivity index (χ4n) is 2.03. The van der Waals surface area contributed by atoms with E-state index in [1.54, 1.807) is 0 Å². The maximum absolute atomic E-state index is 8.91. The minimum absolute atomic E-state index is 0.0528. The standard InChI is InChI=1S/C10H17N3O/c1-2-13-4-3-8(6-13)10-5-9(7-14)11-12-10/h5,8,14H,2-4,6-7H2,1H3,(H,11,12). The maximum Gasteiger partial charge on any atom is 0.0847 e. The minimum Gasteiger partial charge on any atom is -0.390 e. The van der Waals surface area contributed by atoms with E-state index in [2.05, 4.69) is 22.0 Å². The Labute approximate surface area is 83.9 Å². The van der Waals surface area contributed by atoms with Crippen LogP contribution in [0.2, 0.25) is 0 Å². The van der Waals surface area contributed by atoms with Crippen molar-refractivity contribution in [2.45, 2.75) is 25.9 Å². The van der Waals surface area contributed by atoms with Crippen LogP contribution in [0.25, 0.3) is 0 Å². The fraction of sp³-hybridized carbons (Fsp3) is 0.700. The molecule has 78 valence electrons. The van der Waals surface area contributed by atoms with E-state index in [-0.39, 0.29) is 6.61 Å². The summed E-state index contributed by atoms with van der Waals surface area (Å²) in [5.41, 5.74) is 1.92. The van der Waals surface area contributed by atoms with E-state index in [1.165, 1.54) is 13.0 Å². The lowest BCUT2D eigenvalue weighted by Gasteiger charge is -2.11. The summed E-state index contributed by atoms with van der Waals surface area (Å²) in [5.74, 6) is 0.548. The number of likely N-dealkylation sites (N-methyl/N-ethyl adjacent to an activating group) is 1. The average Bonchev–Trinajstić information content (AvgIpc) is 2.86. The molecule has 1 fully saturated rings. The number of hydrogen-bond donors (Lipinski definition) is 2. The Bertz CT molecular complexity index is 297. The van der Waals surface area contributed by atoms with Gasteiger partial charge in [-0.2, -0.15) is 5.10 Å². The largest absolute Gasteiger partial charge is 0.390 e. The van der Waals surface area contributed by atoms with Crippen LogP contribution in [-0.4, -0.2) is 39.8 Å². The summed E-state index contributed by atoms with van der Waals surface area (Å²) in [7, 11) is 0. The Morgan fingerprint density at radius 1 is 1.71 bits per heavy atom. The number of aromatic nitrogens is 2. The number of aliphatic hydroxyl groups excluding tert-OH is 1. The first kappa shape index (κ1) is 9.68. The fourth-order valence-corrected chi connectivity index (χ4v) is 2.03. The Balaban J connectivity index is 2.02. The van der Waals surface area contributed by atoms with Gasteiger partial charge in [-0.05, 0) is 25.6 Å². The second-order valence-corrected chi connectivity index (χ2v) is 3.85. The summed E-state index contributed by atoms with van der Waals surface area (Å²) >= 11 is 0. The van der Waals surface area contributed by atoms with Gasteiger partial charge in [0, 0.05) is 12.5 Å². The minimum atomic E-state index is 0.0528. The summed E-state index contributed by atoms with van der Waals surface area (Å²) in [6.07, 6.45) is 1.18. The number of likely N-dealkylation sites (tertiary alicyclic amines) is 1. The topological polar surface area (TPSA) is 52.1 Å². The first-order chi connectivity index (χ1) is 6.83. The summed E-state index contributed by atoms with van der Waals surface area (Å²) < 4.78 is 0. The maximum atomic E-state index is 8.91. The second-order valence-electron chi connectivity index (χ2n) is 3.85. The summed E-state index contributed by atoms with van der Waals surface area (Å²) in [6.45, 7) is 5.63. The van der Waals surface area contributed by atoms with E-state index in [0.29, 0.717) is 5.92 Å². The van der Waals surface area contributed by atoms with Gasteiger partial charge in [0.15, 0.2) is 0 Å². The Morgan fingerprint density at radius 2 is 2.57 bits per heavy atom. The zero-order valence-corrected chi connectivity index (χ0v) is 8.53. The van der Waals surface area contributed by atoms with Crippen LogP contribution >= 0.6 is 0 Å². The van der Waals surface area contributed by atoms with Gasteiger partial charge in [-0.15, -0.1) is 0 Å². The predicted octanol–water partition coefficient (Wildman–Crippen LogP) is 0.711. The lowest BCUT2D eigenvalue weighted by molar-refractivity contribution is 0.276. The van der Waals surface area contributed by atoms with Crippen molar-refractivity contribution in [3.63, 3.8) is 0 Å². The highest BCUT2D eigenvalue weighted by Crippen LogP contribution is 2.25. The van der Waals surface area contributed by atoms with Crippen molar-refractivity contribution in [1.82, 2.24) is 15.1 Å². The quantitative estimate of drug-likeness (QED) is 0.747. The van der Waals surface area contributed by atoms with Crippen molar-refractivity contribution >= 4 is 0 Å². The zero-order valence-electron chi connectivity index (χ0n) is 8.53. The molecular formula is C10H17N3O. The molecule has 1 saturated heterocycles. The summed E-state index contributed by atoms with van der Waals surface area (Å²) in [6, 6.07) is 1.98. The van der Waals surface area contributed by atoms with Crippen molar-refractivity contribution in [3.05, 3.63) is 17.5 Å². The lowest BCUT2D eigenvalue weighted by Crippen LogP contribution is -2.19. The number of rotatable bonds is 3.